The molecule has 0 saturated heterocycles. The Morgan fingerprint density at radius 3 is 2.42 bits per heavy atom. The first-order chi connectivity index (χ1) is 18.8. The minimum absolute atomic E-state index is 0.00181. The van der Waals surface area contributed by atoms with Crippen molar-refractivity contribution in [3.8, 4) is 5.75 Å². The van der Waals surface area contributed by atoms with E-state index in [1.54, 1.807) is 29.8 Å². The highest BCUT2D eigenvalue weighted by molar-refractivity contribution is 5.92. The van der Waals surface area contributed by atoms with Crippen LogP contribution in [0.5, 0.6) is 5.75 Å². The Hall–Kier alpha value is -2.03. The maximum absolute atomic E-state index is 13.1. The van der Waals surface area contributed by atoms with E-state index in [2.05, 4.69) is 61.5 Å². The second-order valence-electron chi connectivity index (χ2n) is 15.5. The molecule has 0 radical (unpaired) electrons. The van der Waals surface area contributed by atoms with Crippen LogP contribution in [0.4, 0.5) is 0 Å². The number of hydrogen-bond donors (Lipinski definition) is 1. The van der Waals surface area contributed by atoms with E-state index in [1.807, 2.05) is 5.57 Å². The summed E-state index contributed by atoms with van der Waals surface area (Å²) in [6.45, 7) is 19.5. The summed E-state index contributed by atoms with van der Waals surface area (Å²) in [7, 11) is 0. The highest BCUT2D eigenvalue weighted by Gasteiger charge is 2.63. The Bertz CT molecular complexity index is 1200. The molecule has 1 aromatic carbocycles. The number of hydrogen-bond acceptors (Lipinski definition) is 3. The van der Waals surface area contributed by atoms with E-state index in [9.17, 15) is 9.90 Å². The molecule has 3 nitrogen and oxygen atoms in total. The maximum Gasteiger partial charge on any atom is 0.342 e. The number of carbonyl (C=O) groups excluding carboxylic acids is 1. The van der Waals surface area contributed by atoms with Gasteiger partial charge in [-0.3, -0.25) is 0 Å². The summed E-state index contributed by atoms with van der Waals surface area (Å²) in [5.41, 5.74) is 6.06. The first-order valence-electron chi connectivity index (χ1n) is 16.1. The molecule has 0 aliphatic heterocycles. The Labute approximate surface area is 243 Å². The first-order valence-corrected chi connectivity index (χ1v) is 16.1. The molecule has 1 unspecified atom stereocenters. The lowest BCUT2D eigenvalue weighted by molar-refractivity contribution is -0.104. The van der Waals surface area contributed by atoms with Crippen LogP contribution in [-0.4, -0.2) is 17.2 Å². The smallest absolute Gasteiger partial charge is 0.342 e. The zero-order valence-electron chi connectivity index (χ0n) is 26.5. The average molecular weight is 547 g/mol. The van der Waals surface area contributed by atoms with Gasteiger partial charge in [0.05, 0.1) is 0 Å². The quantitative estimate of drug-likeness (QED) is 0.285. The molecule has 0 amide bonds. The number of benzene rings is 1. The van der Waals surface area contributed by atoms with Gasteiger partial charge < -0.3 is 9.84 Å². The van der Waals surface area contributed by atoms with E-state index in [-0.39, 0.29) is 28.2 Å². The summed E-state index contributed by atoms with van der Waals surface area (Å²) in [6, 6.07) is 6.74. The Balaban J connectivity index is 1.38. The summed E-state index contributed by atoms with van der Waals surface area (Å²) in [6.07, 6.45) is 14.4. The normalized spacial score (nSPS) is 37.1. The SMILES string of the molecule is CC(C)=CCC[C@@H](C)C1CC[C@@]2(C)C3=C(CC[C@]12C)[C@@]1(C)CC[C@H](OC(=O)c2ccccc2O)C(C)(C)[C@@H]1CC3. The van der Waals surface area contributed by atoms with Gasteiger partial charge in [-0.25, -0.2) is 4.79 Å². The summed E-state index contributed by atoms with van der Waals surface area (Å²) < 4.78 is 6.18. The van der Waals surface area contributed by atoms with E-state index in [4.69, 9.17) is 4.74 Å². The van der Waals surface area contributed by atoms with Crippen LogP contribution in [0, 0.1) is 39.4 Å². The summed E-state index contributed by atoms with van der Waals surface area (Å²) >= 11 is 0. The molecule has 2 fully saturated rings. The number of allylic oxidation sites excluding steroid dienone is 4. The van der Waals surface area contributed by atoms with Gasteiger partial charge >= 0.3 is 5.97 Å². The molecule has 0 bridgehead atoms. The van der Waals surface area contributed by atoms with Crippen molar-refractivity contribution in [2.75, 3.05) is 0 Å². The maximum atomic E-state index is 13.1. The van der Waals surface area contributed by atoms with E-state index in [0.29, 0.717) is 16.7 Å². The minimum Gasteiger partial charge on any atom is -0.507 e. The highest BCUT2D eigenvalue weighted by Crippen LogP contribution is 2.72. The van der Waals surface area contributed by atoms with E-state index in [1.165, 1.54) is 56.9 Å². The molecule has 0 aromatic heterocycles. The first kappa shape index (κ1) is 29.5. The number of phenolic OH excluding ortho intramolecular Hbond substituents is 1. The monoisotopic (exact) mass is 546 g/mol. The molecular formula is C37H54O3. The van der Waals surface area contributed by atoms with Crippen molar-refractivity contribution in [3.63, 3.8) is 0 Å². The van der Waals surface area contributed by atoms with Crippen molar-refractivity contribution < 1.29 is 14.6 Å². The largest absolute Gasteiger partial charge is 0.507 e. The zero-order chi connectivity index (χ0) is 29.1. The second kappa shape index (κ2) is 10.4. The molecule has 4 aliphatic rings. The third-order valence-corrected chi connectivity index (χ3v) is 13.0. The average Bonchev–Trinajstić information content (AvgIpc) is 3.17. The molecule has 0 heterocycles. The molecular weight excluding hydrogens is 492 g/mol. The predicted octanol–water partition coefficient (Wildman–Crippen LogP) is 10.0. The second-order valence-corrected chi connectivity index (χ2v) is 15.5. The molecule has 220 valence electrons. The lowest BCUT2D eigenvalue weighted by Crippen LogP contribution is -2.55. The van der Waals surface area contributed by atoms with E-state index >= 15 is 0 Å². The molecule has 1 N–H and O–H groups in total. The lowest BCUT2D eigenvalue weighted by atomic mass is 9.43. The molecule has 1 aromatic rings. The molecule has 2 saturated carbocycles. The Kier molecular flexibility index (Phi) is 7.63. The topological polar surface area (TPSA) is 46.5 Å². The Morgan fingerprint density at radius 2 is 1.73 bits per heavy atom. The zero-order valence-corrected chi connectivity index (χ0v) is 26.5. The van der Waals surface area contributed by atoms with Crippen LogP contribution in [0.2, 0.25) is 0 Å². The number of fused-ring (bicyclic) bond motifs is 4. The molecule has 4 aliphatic carbocycles. The highest BCUT2D eigenvalue weighted by atomic mass is 16.5. The van der Waals surface area contributed by atoms with Crippen molar-refractivity contribution in [2.45, 2.75) is 126 Å². The predicted molar refractivity (Wildman–Crippen MR) is 164 cm³/mol. The van der Waals surface area contributed by atoms with Gasteiger partial charge in [-0.05, 0) is 124 Å². The van der Waals surface area contributed by atoms with Gasteiger partial charge in [0, 0.05) is 5.41 Å². The third kappa shape index (κ3) is 4.49. The van der Waals surface area contributed by atoms with Gasteiger partial charge in [-0.1, -0.05) is 76.5 Å². The van der Waals surface area contributed by atoms with Crippen molar-refractivity contribution >= 4 is 5.97 Å². The van der Waals surface area contributed by atoms with Crippen LogP contribution in [0.25, 0.3) is 0 Å². The summed E-state index contributed by atoms with van der Waals surface area (Å²) in [5, 5.41) is 10.2. The molecule has 3 heteroatoms. The standard InChI is InChI=1S/C37H54O3/c1-24(2)12-11-13-25(3)27-18-22-37(8)29-16-17-31-34(4,5)32(40-33(39)26-14-9-10-15-30(26)38)20-21-35(31,6)28(29)19-23-36(27,37)7/h9-10,12,14-15,25,27,31-32,38H,11,13,16-23H2,1-8H3/t25-,27?,31+,32+,35-,36-,37+/m1/s1. The van der Waals surface area contributed by atoms with Crippen LogP contribution in [0.3, 0.4) is 0 Å². The van der Waals surface area contributed by atoms with Gasteiger partial charge in [0.15, 0.2) is 0 Å². The fraction of sp³-hybridized carbons (Fsp3) is 0.703. The van der Waals surface area contributed by atoms with Gasteiger partial charge in [0.25, 0.3) is 0 Å². The molecule has 40 heavy (non-hydrogen) atoms. The van der Waals surface area contributed by atoms with Crippen LogP contribution >= 0.6 is 0 Å². The van der Waals surface area contributed by atoms with Crippen molar-refractivity contribution in [1.29, 1.82) is 0 Å². The van der Waals surface area contributed by atoms with Gasteiger partial charge in [-0.15, -0.1) is 0 Å². The van der Waals surface area contributed by atoms with Gasteiger partial charge in [0.2, 0.25) is 0 Å². The number of ether oxygens (including phenoxy) is 1. The fourth-order valence-electron chi connectivity index (χ4n) is 10.5. The van der Waals surface area contributed by atoms with Crippen LogP contribution in [0.15, 0.2) is 47.1 Å². The number of para-hydroxylation sites is 1. The van der Waals surface area contributed by atoms with E-state index < -0.39 is 5.97 Å². The number of phenols is 1. The van der Waals surface area contributed by atoms with E-state index in [0.717, 1.165) is 24.7 Å². The van der Waals surface area contributed by atoms with Gasteiger partial charge in [-0.2, -0.15) is 0 Å². The number of rotatable bonds is 6. The minimum atomic E-state index is -0.396. The van der Waals surface area contributed by atoms with Crippen molar-refractivity contribution in [1.82, 2.24) is 0 Å². The molecule has 5 rings (SSSR count). The number of aromatic hydroxyl groups is 1. The van der Waals surface area contributed by atoms with Crippen LogP contribution in [-0.2, 0) is 4.74 Å². The fourth-order valence-corrected chi connectivity index (χ4v) is 10.5. The van der Waals surface area contributed by atoms with Gasteiger partial charge in [0.1, 0.15) is 17.4 Å². The Morgan fingerprint density at radius 1 is 1.00 bits per heavy atom. The third-order valence-electron chi connectivity index (χ3n) is 13.0. The molecule has 0 spiro atoms. The summed E-state index contributed by atoms with van der Waals surface area (Å²) in [4.78, 5) is 13.1. The lowest BCUT2D eigenvalue weighted by Gasteiger charge is -2.62. The summed E-state index contributed by atoms with van der Waals surface area (Å²) in [5.74, 6) is 1.67. The van der Waals surface area contributed by atoms with Crippen LogP contribution in [0.1, 0.15) is 130 Å². The molecule has 7 atom stereocenters. The van der Waals surface area contributed by atoms with Crippen LogP contribution < -0.4 is 0 Å². The van der Waals surface area contributed by atoms with Crippen molar-refractivity contribution in [3.05, 3.63) is 52.6 Å². The number of carbonyl (C=O) groups is 1. The van der Waals surface area contributed by atoms with Crippen molar-refractivity contribution in [2.24, 2.45) is 39.4 Å². The number of esters is 1.